The molecule has 4 rings (SSSR count). The predicted octanol–water partition coefficient (Wildman–Crippen LogP) is 7.00. The topological polar surface area (TPSA) is 48.2 Å². The molecular weight excluding hydrogens is 427 g/mol. The molecule has 0 aliphatic carbocycles. The summed E-state index contributed by atoms with van der Waals surface area (Å²) in [6, 6.07) is 14.7. The van der Waals surface area contributed by atoms with E-state index in [9.17, 15) is 0 Å². The van der Waals surface area contributed by atoms with Gasteiger partial charge in [-0.1, -0.05) is 53.0 Å². The van der Waals surface area contributed by atoms with E-state index in [0.717, 1.165) is 16.0 Å². The van der Waals surface area contributed by atoms with E-state index in [1.807, 2.05) is 41.8 Å². The smallest absolute Gasteiger partial charge is 0.258 e. The molecule has 4 aromatic rings. The second-order valence-corrected chi connectivity index (χ2v) is 7.78. The van der Waals surface area contributed by atoms with Crippen LogP contribution in [0.15, 0.2) is 58.3 Å². The molecule has 0 fully saturated rings. The number of thiophene rings is 1. The van der Waals surface area contributed by atoms with Gasteiger partial charge in [0.15, 0.2) is 5.75 Å². The lowest BCUT2D eigenvalue weighted by Crippen LogP contribution is -1.97. The number of hydrogen-bond donors (Lipinski definition) is 0. The van der Waals surface area contributed by atoms with Crippen molar-refractivity contribution in [3.8, 4) is 28.0 Å². The highest BCUT2D eigenvalue weighted by molar-refractivity contribution is 7.13. The van der Waals surface area contributed by atoms with Crippen LogP contribution in [0.2, 0.25) is 15.1 Å². The van der Waals surface area contributed by atoms with Gasteiger partial charge >= 0.3 is 0 Å². The van der Waals surface area contributed by atoms with Crippen LogP contribution < -0.4 is 4.74 Å². The van der Waals surface area contributed by atoms with E-state index in [2.05, 4.69) is 10.2 Å². The standard InChI is InChI=1S/C19H11Cl3N2O2S/c20-13-8-14(21)17(15(22)9-13)25-10-11-3-1-4-12(7-11)18-23-24-19(26-18)16-5-2-6-27-16/h1-9H,10H2. The molecule has 0 atom stereocenters. The van der Waals surface area contributed by atoms with E-state index in [-0.39, 0.29) is 6.61 Å². The Morgan fingerprint density at radius 2 is 1.70 bits per heavy atom. The van der Waals surface area contributed by atoms with Crippen molar-refractivity contribution < 1.29 is 9.15 Å². The van der Waals surface area contributed by atoms with Crippen LogP contribution in [0.3, 0.4) is 0 Å². The van der Waals surface area contributed by atoms with Crippen molar-refractivity contribution >= 4 is 46.1 Å². The van der Waals surface area contributed by atoms with Gasteiger partial charge in [-0.05, 0) is 41.3 Å². The van der Waals surface area contributed by atoms with Crippen LogP contribution in [0.5, 0.6) is 5.75 Å². The summed E-state index contributed by atoms with van der Waals surface area (Å²) >= 11 is 19.8. The van der Waals surface area contributed by atoms with Crippen LogP contribution in [0.4, 0.5) is 0 Å². The highest BCUT2D eigenvalue weighted by Crippen LogP contribution is 2.36. The molecule has 0 N–H and O–H groups in total. The number of aromatic nitrogens is 2. The Labute approximate surface area is 174 Å². The molecule has 0 aliphatic rings. The highest BCUT2D eigenvalue weighted by Gasteiger charge is 2.13. The maximum absolute atomic E-state index is 6.15. The Balaban J connectivity index is 1.53. The Bertz CT molecular complexity index is 1060. The molecule has 0 unspecified atom stereocenters. The molecule has 0 saturated heterocycles. The van der Waals surface area contributed by atoms with Crippen molar-refractivity contribution in [2.24, 2.45) is 0 Å². The molecule has 2 heterocycles. The number of ether oxygens (including phenoxy) is 1. The molecular formula is C19H11Cl3N2O2S. The molecule has 8 heteroatoms. The van der Waals surface area contributed by atoms with Gasteiger partial charge in [0, 0.05) is 10.6 Å². The van der Waals surface area contributed by atoms with E-state index in [1.54, 1.807) is 23.5 Å². The van der Waals surface area contributed by atoms with E-state index < -0.39 is 0 Å². The number of hydrogen-bond acceptors (Lipinski definition) is 5. The summed E-state index contributed by atoms with van der Waals surface area (Å²) in [6.45, 7) is 0.279. The van der Waals surface area contributed by atoms with Gasteiger partial charge in [-0.25, -0.2) is 0 Å². The van der Waals surface area contributed by atoms with Crippen LogP contribution in [-0.4, -0.2) is 10.2 Å². The third-order valence-corrected chi connectivity index (χ3v) is 5.31. The van der Waals surface area contributed by atoms with Crippen molar-refractivity contribution in [2.75, 3.05) is 0 Å². The third kappa shape index (κ3) is 4.12. The van der Waals surface area contributed by atoms with Gasteiger partial charge < -0.3 is 9.15 Å². The molecule has 136 valence electrons. The van der Waals surface area contributed by atoms with Crippen molar-refractivity contribution in [3.05, 3.63) is 74.5 Å². The average Bonchev–Trinajstić information content (AvgIpc) is 3.33. The first-order valence-corrected chi connectivity index (χ1v) is 9.85. The van der Waals surface area contributed by atoms with E-state index in [4.69, 9.17) is 44.0 Å². The van der Waals surface area contributed by atoms with Crippen LogP contribution in [-0.2, 0) is 6.61 Å². The number of rotatable bonds is 5. The molecule has 2 aromatic carbocycles. The molecule has 2 aromatic heterocycles. The van der Waals surface area contributed by atoms with Crippen LogP contribution >= 0.6 is 46.1 Å². The average molecular weight is 438 g/mol. The van der Waals surface area contributed by atoms with Gasteiger partial charge in [0.25, 0.3) is 5.89 Å². The first-order chi connectivity index (χ1) is 13.1. The Kier molecular flexibility index (Phi) is 5.36. The van der Waals surface area contributed by atoms with Crippen molar-refractivity contribution in [3.63, 3.8) is 0 Å². The fraction of sp³-hybridized carbons (Fsp3) is 0.0526. The third-order valence-electron chi connectivity index (χ3n) is 3.68. The molecule has 0 spiro atoms. The predicted molar refractivity (Wildman–Crippen MR) is 109 cm³/mol. The van der Waals surface area contributed by atoms with Gasteiger partial charge in [-0.2, -0.15) is 0 Å². The zero-order valence-corrected chi connectivity index (χ0v) is 16.7. The van der Waals surface area contributed by atoms with E-state index >= 15 is 0 Å². The summed E-state index contributed by atoms with van der Waals surface area (Å²) in [7, 11) is 0. The molecule has 27 heavy (non-hydrogen) atoms. The molecule has 0 amide bonds. The summed E-state index contributed by atoms with van der Waals surface area (Å²) < 4.78 is 11.5. The fourth-order valence-electron chi connectivity index (χ4n) is 2.46. The normalized spacial score (nSPS) is 10.9. The Morgan fingerprint density at radius 3 is 2.44 bits per heavy atom. The van der Waals surface area contributed by atoms with Gasteiger partial charge in [-0.3, -0.25) is 0 Å². The van der Waals surface area contributed by atoms with Crippen LogP contribution in [0.25, 0.3) is 22.2 Å². The maximum atomic E-state index is 6.15. The van der Waals surface area contributed by atoms with E-state index in [0.29, 0.717) is 32.6 Å². The molecule has 4 nitrogen and oxygen atoms in total. The lowest BCUT2D eigenvalue weighted by Gasteiger charge is -2.10. The highest BCUT2D eigenvalue weighted by atomic mass is 35.5. The second-order valence-electron chi connectivity index (χ2n) is 5.58. The summed E-state index contributed by atoms with van der Waals surface area (Å²) in [5.74, 6) is 1.34. The lowest BCUT2D eigenvalue weighted by molar-refractivity contribution is 0.306. The number of nitrogens with zero attached hydrogens (tertiary/aromatic N) is 2. The minimum absolute atomic E-state index is 0.279. The lowest BCUT2D eigenvalue weighted by atomic mass is 10.1. The van der Waals surface area contributed by atoms with Crippen LogP contribution in [0, 0.1) is 0 Å². The van der Waals surface area contributed by atoms with E-state index in [1.165, 1.54) is 0 Å². The molecule has 0 saturated carbocycles. The van der Waals surface area contributed by atoms with Gasteiger partial charge in [0.05, 0.1) is 14.9 Å². The summed E-state index contributed by atoms with van der Waals surface area (Å²) in [5, 5.41) is 11.4. The number of halogens is 3. The molecule has 0 radical (unpaired) electrons. The molecule has 0 aliphatic heterocycles. The van der Waals surface area contributed by atoms with Crippen LogP contribution in [0.1, 0.15) is 5.56 Å². The van der Waals surface area contributed by atoms with Crippen molar-refractivity contribution in [2.45, 2.75) is 6.61 Å². The summed E-state index contributed by atoms with van der Waals surface area (Å²) in [4.78, 5) is 0.931. The SMILES string of the molecule is Clc1cc(Cl)c(OCc2cccc(-c3nnc(-c4cccs4)o3)c2)c(Cl)c1. The van der Waals surface area contributed by atoms with Crippen molar-refractivity contribution in [1.29, 1.82) is 0 Å². The molecule has 0 bridgehead atoms. The largest absolute Gasteiger partial charge is 0.486 e. The Hall–Kier alpha value is -2.05. The van der Waals surface area contributed by atoms with Gasteiger partial charge in [0.1, 0.15) is 6.61 Å². The first-order valence-electron chi connectivity index (χ1n) is 7.84. The zero-order chi connectivity index (χ0) is 18.8. The zero-order valence-electron chi connectivity index (χ0n) is 13.7. The summed E-state index contributed by atoms with van der Waals surface area (Å²) in [5.41, 5.74) is 1.71. The van der Waals surface area contributed by atoms with Gasteiger partial charge in [-0.15, -0.1) is 21.5 Å². The maximum Gasteiger partial charge on any atom is 0.258 e. The minimum atomic E-state index is 0.279. The Morgan fingerprint density at radius 1 is 0.926 bits per heavy atom. The summed E-state index contributed by atoms with van der Waals surface area (Å²) in [6.07, 6.45) is 0. The minimum Gasteiger partial charge on any atom is -0.486 e. The first kappa shape index (κ1) is 18.3. The van der Waals surface area contributed by atoms with Gasteiger partial charge in [0.2, 0.25) is 5.89 Å². The van der Waals surface area contributed by atoms with Crippen molar-refractivity contribution in [1.82, 2.24) is 10.2 Å². The number of benzene rings is 2. The fourth-order valence-corrected chi connectivity index (χ4v) is 4.03. The monoisotopic (exact) mass is 436 g/mol. The second kappa shape index (κ2) is 7.90. The quantitative estimate of drug-likeness (QED) is 0.337.